The van der Waals surface area contributed by atoms with Crippen LogP contribution in [0.2, 0.25) is 0 Å². The minimum atomic E-state index is 0.462. The van der Waals surface area contributed by atoms with Gasteiger partial charge in [0.2, 0.25) is 5.95 Å². The van der Waals surface area contributed by atoms with Crippen molar-refractivity contribution in [2.24, 2.45) is 0 Å². The van der Waals surface area contributed by atoms with Crippen LogP contribution < -0.4 is 4.90 Å². The molecular formula is C18H30N4O. The van der Waals surface area contributed by atoms with Gasteiger partial charge in [-0.05, 0) is 52.0 Å². The Labute approximate surface area is 140 Å². The second-order valence-electron chi connectivity index (χ2n) is 6.95. The second-order valence-corrected chi connectivity index (χ2v) is 6.95. The molecule has 2 aliphatic heterocycles. The first-order valence-electron chi connectivity index (χ1n) is 9.17. The Kier molecular flexibility index (Phi) is 6.22. The fourth-order valence-electron chi connectivity index (χ4n) is 3.48. The first kappa shape index (κ1) is 16.7. The van der Waals surface area contributed by atoms with Crippen molar-refractivity contribution in [2.45, 2.75) is 57.6 Å². The molecule has 3 heterocycles. The smallest absolute Gasteiger partial charge is 0.225 e. The number of anilines is 1. The quantitative estimate of drug-likeness (QED) is 0.807. The molecule has 0 saturated carbocycles. The van der Waals surface area contributed by atoms with Crippen LogP contribution in [0.5, 0.6) is 0 Å². The third kappa shape index (κ3) is 5.15. The number of nitrogens with zero attached hydrogens (tertiary/aromatic N) is 4. The number of hydrogen-bond donors (Lipinski definition) is 0. The maximum Gasteiger partial charge on any atom is 0.225 e. The van der Waals surface area contributed by atoms with Crippen LogP contribution >= 0.6 is 0 Å². The van der Waals surface area contributed by atoms with Gasteiger partial charge in [-0.25, -0.2) is 9.97 Å². The summed E-state index contributed by atoms with van der Waals surface area (Å²) in [7, 11) is 2.17. The van der Waals surface area contributed by atoms with Crippen LogP contribution in [0.25, 0.3) is 0 Å². The SMILES string of the molecule is CN(CCC1CCCCO1)Cc1cnc(N2CCCCC2)nc1. The van der Waals surface area contributed by atoms with Crippen LogP contribution in [0.4, 0.5) is 5.95 Å². The Balaban J connectivity index is 1.43. The number of ether oxygens (including phenoxy) is 1. The standard InChI is InChI=1S/C18H30N4O/c1-21(11-8-17-7-3-6-12-23-17)15-16-13-19-18(20-14-16)22-9-4-2-5-10-22/h13-14,17H,2-12,15H2,1H3. The molecule has 2 fully saturated rings. The first-order valence-corrected chi connectivity index (χ1v) is 9.17. The van der Waals surface area contributed by atoms with Crippen LogP contribution in [0.15, 0.2) is 12.4 Å². The lowest BCUT2D eigenvalue weighted by molar-refractivity contribution is 0.00640. The number of rotatable bonds is 6. The van der Waals surface area contributed by atoms with Crippen molar-refractivity contribution in [1.29, 1.82) is 0 Å². The van der Waals surface area contributed by atoms with Crippen molar-refractivity contribution in [3.8, 4) is 0 Å². The van der Waals surface area contributed by atoms with Gasteiger partial charge in [-0.3, -0.25) is 0 Å². The van der Waals surface area contributed by atoms with Gasteiger partial charge in [-0.15, -0.1) is 0 Å². The van der Waals surface area contributed by atoms with Gasteiger partial charge in [0.05, 0.1) is 6.10 Å². The lowest BCUT2D eigenvalue weighted by Crippen LogP contribution is -2.31. The highest BCUT2D eigenvalue weighted by Crippen LogP contribution is 2.17. The molecule has 0 aromatic carbocycles. The zero-order valence-electron chi connectivity index (χ0n) is 14.4. The molecule has 0 N–H and O–H groups in total. The number of hydrogen-bond acceptors (Lipinski definition) is 5. The summed E-state index contributed by atoms with van der Waals surface area (Å²) in [5.41, 5.74) is 1.19. The van der Waals surface area contributed by atoms with Crippen LogP contribution in [-0.4, -0.2) is 54.3 Å². The van der Waals surface area contributed by atoms with E-state index in [2.05, 4.69) is 26.8 Å². The van der Waals surface area contributed by atoms with Crippen LogP contribution in [0, 0.1) is 0 Å². The van der Waals surface area contributed by atoms with Gasteiger partial charge in [0.1, 0.15) is 0 Å². The maximum absolute atomic E-state index is 5.80. The third-order valence-electron chi connectivity index (χ3n) is 4.89. The lowest BCUT2D eigenvalue weighted by atomic mass is 10.1. The van der Waals surface area contributed by atoms with Gasteiger partial charge in [-0.2, -0.15) is 0 Å². The van der Waals surface area contributed by atoms with Gasteiger partial charge in [0, 0.05) is 50.7 Å². The minimum absolute atomic E-state index is 0.462. The molecule has 0 bridgehead atoms. The Morgan fingerprint density at radius 3 is 2.61 bits per heavy atom. The molecule has 0 radical (unpaired) electrons. The molecule has 5 heteroatoms. The monoisotopic (exact) mass is 318 g/mol. The maximum atomic E-state index is 5.80. The van der Waals surface area contributed by atoms with E-state index in [1.54, 1.807) is 0 Å². The van der Waals surface area contributed by atoms with Gasteiger partial charge in [0.15, 0.2) is 0 Å². The topological polar surface area (TPSA) is 41.5 Å². The minimum Gasteiger partial charge on any atom is -0.378 e. The Hall–Kier alpha value is -1.20. The van der Waals surface area contributed by atoms with E-state index in [0.717, 1.165) is 45.2 Å². The lowest BCUT2D eigenvalue weighted by Gasteiger charge is -2.27. The van der Waals surface area contributed by atoms with Crippen molar-refractivity contribution in [3.63, 3.8) is 0 Å². The van der Waals surface area contributed by atoms with Gasteiger partial charge < -0.3 is 14.5 Å². The fraction of sp³-hybridized carbons (Fsp3) is 0.778. The summed E-state index contributed by atoms with van der Waals surface area (Å²) >= 11 is 0. The number of aromatic nitrogens is 2. The summed E-state index contributed by atoms with van der Waals surface area (Å²) in [5.74, 6) is 0.895. The van der Waals surface area contributed by atoms with Crippen LogP contribution in [0.1, 0.15) is 50.5 Å². The molecule has 0 aliphatic carbocycles. The molecule has 128 valence electrons. The van der Waals surface area contributed by atoms with E-state index >= 15 is 0 Å². The van der Waals surface area contributed by atoms with Crippen LogP contribution in [0.3, 0.4) is 0 Å². The predicted molar refractivity (Wildman–Crippen MR) is 92.6 cm³/mol. The third-order valence-corrected chi connectivity index (χ3v) is 4.89. The molecule has 1 atom stereocenters. The highest BCUT2D eigenvalue weighted by atomic mass is 16.5. The predicted octanol–water partition coefficient (Wildman–Crippen LogP) is 2.86. The van der Waals surface area contributed by atoms with Gasteiger partial charge in [-0.1, -0.05) is 0 Å². The molecule has 1 unspecified atom stereocenters. The van der Waals surface area contributed by atoms with E-state index in [0.29, 0.717) is 6.10 Å². The summed E-state index contributed by atoms with van der Waals surface area (Å²) < 4.78 is 5.80. The Bertz CT molecular complexity index is 453. The van der Waals surface area contributed by atoms with E-state index in [-0.39, 0.29) is 0 Å². The van der Waals surface area contributed by atoms with Crippen molar-refractivity contribution in [1.82, 2.24) is 14.9 Å². The van der Waals surface area contributed by atoms with E-state index in [1.165, 1.54) is 44.1 Å². The van der Waals surface area contributed by atoms with Crippen molar-refractivity contribution >= 4 is 5.95 Å². The van der Waals surface area contributed by atoms with Gasteiger partial charge >= 0.3 is 0 Å². The van der Waals surface area contributed by atoms with E-state index < -0.39 is 0 Å². The molecule has 0 amide bonds. The summed E-state index contributed by atoms with van der Waals surface area (Å²) in [5, 5.41) is 0. The van der Waals surface area contributed by atoms with Gasteiger partial charge in [0.25, 0.3) is 0 Å². The van der Waals surface area contributed by atoms with Crippen molar-refractivity contribution in [3.05, 3.63) is 18.0 Å². The van der Waals surface area contributed by atoms with Crippen LogP contribution in [-0.2, 0) is 11.3 Å². The van der Waals surface area contributed by atoms with Crippen molar-refractivity contribution < 1.29 is 4.74 Å². The van der Waals surface area contributed by atoms with Crippen molar-refractivity contribution in [2.75, 3.05) is 38.2 Å². The molecule has 1 aromatic rings. The summed E-state index contributed by atoms with van der Waals surface area (Å²) in [6.45, 7) is 5.12. The Morgan fingerprint density at radius 2 is 1.91 bits per heavy atom. The number of piperidine rings is 1. The average molecular weight is 318 g/mol. The summed E-state index contributed by atoms with van der Waals surface area (Å²) in [4.78, 5) is 13.8. The summed E-state index contributed by atoms with van der Waals surface area (Å²) in [6.07, 6.45) is 13.2. The molecular weight excluding hydrogens is 288 g/mol. The molecule has 1 aromatic heterocycles. The molecule has 2 saturated heterocycles. The van der Waals surface area contributed by atoms with E-state index in [4.69, 9.17) is 4.74 Å². The summed E-state index contributed by atoms with van der Waals surface area (Å²) in [6, 6.07) is 0. The first-order chi connectivity index (χ1) is 11.3. The highest BCUT2D eigenvalue weighted by Gasteiger charge is 2.15. The molecule has 3 rings (SSSR count). The zero-order valence-corrected chi connectivity index (χ0v) is 14.4. The molecule has 0 spiro atoms. The van der Waals surface area contributed by atoms with E-state index in [9.17, 15) is 0 Å². The Morgan fingerprint density at radius 1 is 1.13 bits per heavy atom. The molecule has 2 aliphatic rings. The normalized spacial score (nSPS) is 22.5. The fourth-order valence-corrected chi connectivity index (χ4v) is 3.48. The largest absolute Gasteiger partial charge is 0.378 e. The average Bonchev–Trinajstić information content (AvgIpc) is 2.62. The zero-order chi connectivity index (χ0) is 15.9. The second kappa shape index (κ2) is 8.60. The highest BCUT2D eigenvalue weighted by molar-refractivity contribution is 5.30. The van der Waals surface area contributed by atoms with E-state index in [1.807, 2.05) is 12.4 Å². The molecule has 5 nitrogen and oxygen atoms in total. The molecule has 23 heavy (non-hydrogen) atoms.